The van der Waals surface area contributed by atoms with E-state index in [1.165, 1.54) is 32.1 Å². The molecule has 0 radical (unpaired) electrons. The van der Waals surface area contributed by atoms with Gasteiger partial charge in [0.05, 0.1) is 5.92 Å². The summed E-state index contributed by atoms with van der Waals surface area (Å²) in [7, 11) is 0. The van der Waals surface area contributed by atoms with Crippen LogP contribution in [-0.4, -0.2) is 15.6 Å². The van der Waals surface area contributed by atoms with Crippen molar-refractivity contribution in [3.8, 4) is 0 Å². The van der Waals surface area contributed by atoms with Gasteiger partial charge < -0.3 is 9.67 Å². The van der Waals surface area contributed by atoms with E-state index in [1.807, 2.05) is 29.1 Å². The molecule has 0 spiro atoms. The predicted molar refractivity (Wildman–Crippen MR) is 76.1 cm³/mol. The maximum absolute atomic E-state index is 11.8. The van der Waals surface area contributed by atoms with Crippen molar-refractivity contribution in [2.24, 2.45) is 35.5 Å². The number of nitrogens with zero attached hydrogens (tertiary/aromatic N) is 1. The van der Waals surface area contributed by atoms with Gasteiger partial charge in [0.25, 0.3) is 0 Å². The van der Waals surface area contributed by atoms with Gasteiger partial charge in [-0.2, -0.15) is 0 Å². The lowest BCUT2D eigenvalue weighted by Crippen LogP contribution is -2.50. The van der Waals surface area contributed by atoms with Gasteiger partial charge in [-0.15, -0.1) is 0 Å². The maximum Gasteiger partial charge on any atom is 0.308 e. The molecule has 0 amide bonds. The van der Waals surface area contributed by atoms with E-state index in [0.717, 1.165) is 11.8 Å². The zero-order chi connectivity index (χ0) is 13.7. The Bertz CT molecular complexity index is 465. The Hall–Kier alpha value is -1.25. The van der Waals surface area contributed by atoms with E-state index in [4.69, 9.17) is 0 Å². The highest BCUT2D eigenvalue weighted by Crippen LogP contribution is 2.58. The van der Waals surface area contributed by atoms with E-state index in [1.54, 1.807) is 0 Å². The van der Waals surface area contributed by atoms with Gasteiger partial charge in [-0.3, -0.25) is 4.79 Å². The van der Waals surface area contributed by atoms with Crippen LogP contribution >= 0.6 is 0 Å². The molecule has 1 atom stereocenters. The van der Waals surface area contributed by atoms with Crippen molar-refractivity contribution in [1.82, 2.24) is 4.57 Å². The molecule has 0 saturated heterocycles. The second kappa shape index (κ2) is 4.64. The second-order valence-electron chi connectivity index (χ2n) is 7.33. The van der Waals surface area contributed by atoms with Gasteiger partial charge in [-0.05, 0) is 73.8 Å². The van der Waals surface area contributed by atoms with Crippen LogP contribution in [0.2, 0.25) is 0 Å². The molecule has 0 aromatic carbocycles. The first kappa shape index (κ1) is 12.5. The number of aliphatic carboxylic acids is 1. The zero-order valence-electron chi connectivity index (χ0n) is 11.8. The van der Waals surface area contributed by atoms with E-state index in [9.17, 15) is 9.90 Å². The zero-order valence-corrected chi connectivity index (χ0v) is 11.8. The summed E-state index contributed by atoms with van der Waals surface area (Å²) in [5.41, 5.74) is 0. The van der Waals surface area contributed by atoms with Crippen LogP contribution in [0.5, 0.6) is 0 Å². The molecular formula is C17H23NO2. The lowest BCUT2D eigenvalue weighted by atomic mass is 9.49. The molecule has 0 aliphatic heterocycles. The van der Waals surface area contributed by atoms with Crippen LogP contribution in [0.3, 0.4) is 0 Å². The topological polar surface area (TPSA) is 42.2 Å². The fraction of sp³-hybridized carbons (Fsp3) is 0.706. The fourth-order valence-electron chi connectivity index (χ4n) is 5.71. The Balaban J connectivity index is 1.58. The number of hydrogen-bond acceptors (Lipinski definition) is 1. The van der Waals surface area contributed by atoms with Crippen molar-refractivity contribution in [3.05, 3.63) is 24.5 Å². The van der Waals surface area contributed by atoms with E-state index in [0.29, 0.717) is 24.3 Å². The molecule has 4 aliphatic rings. The third-order valence-electron chi connectivity index (χ3n) is 6.16. The summed E-state index contributed by atoms with van der Waals surface area (Å²) in [6, 6.07) is 3.96. The van der Waals surface area contributed by atoms with Gasteiger partial charge in [0.1, 0.15) is 0 Å². The number of rotatable bonds is 4. The number of carboxylic acids is 1. The fourth-order valence-corrected chi connectivity index (χ4v) is 5.71. The Morgan fingerprint density at radius 2 is 1.60 bits per heavy atom. The number of carbonyl (C=O) groups is 1. The summed E-state index contributed by atoms with van der Waals surface area (Å²) >= 11 is 0. The van der Waals surface area contributed by atoms with Crippen LogP contribution in [0.4, 0.5) is 0 Å². The Labute approximate surface area is 120 Å². The first-order valence-corrected chi connectivity index (χ1v) is 8.04. The smallest absolute Gasteiger partial charge is 0.308 e. The van der Waals surface area contributed by atoms with Gasteiger partial charge in [0, 0.05) is 18.9 Å². The summed E-state index contributed by atoms with van der Waals surface area (Å²) < 4.78 is 2.05. The number of aromatic nitrogens is 1. The molecule has 1 N–H and O–H groups in total. The third-order valence-corrected chi connectivity index (χ3v) is 6.16. The molecule has 1 aromatic rings. The van der Waals surface area contributed by atoms with Gasteiger partial charge in [-0.25, -0.2) is 0 Å². The average molecular weight is 273 g/mol. The molecule has 1 unspecified atom stereocenters. The molecule has 3 nitrogen and oxygen atoms in total. The van der Waals surface area contributed by atoms with Crippen molar-refractivity contribution in [2.45, 2.75) is 38.6 Å². The molecule has 20 heavy (non-hydrogen) atoms. The quantitative estimate of drug-likeness (QED) is 0.915. The first-order chi connectivity index (χ1) is 9.70. The summed E-state index contributed by atoms with van der Waals surface area (Å²) in [5, 5.41) is 9.74. The minimum absolute atomic E-state index is 0.197. The van der Waals surface area contributed by atoms with Crippen molar-refractivity contribution >= 4 is 5.97 Å². The predicted octanol–water partition coefficient (Wildman–Crippen LogP) is 3.26. The standard InChI is InChI=1S/C17H23NO2/c19-17(20)15(10-18-3-1-2-4-18)16-13-6-11-5-12(8-13)9-14(16)7-11/h1-4,11-16H,5-10H2,(H,19,20). The van der Waals surface area contributed by atoms with Crippen LogP contribution in [-0.2, 0) is 11.3 Å². The van der Waals surface area contributed by atoms with E-state index in [2.05, 4.69) is 0 Å². The largest absolute Gasteiger partial charge is 0.481 e. The molecule has 4 aliphatic carbocycles. The van der Waals surface area contributed by atoms with E-state index in [-0.39, 0.29) is 5.92 Å². The summed E-state index contributed by atoms with van der Waals surface area (Å²) in [6.07, 6.45) is 10.6. The third kappa shape index (κ3) is 1.99. The SMILES string of the molecule is O=C(O)C(Cn1cccc1)C1C2CC3CC(C2)CC1C3. The Kier molecular flexibility index (Phi) is 2.90. The highest BCUT2D eigenvalue weighted by molar-refractivity contribution is 5.70. The molecule has 1 heterocycles. The molecule has 5 rings (SSSR count). The molecule has 108 valence electrons. The Morgan fingerprint density at radius 3 is 2.10 bits per heavy atom. The van der Waals surface area contributed by atoms with Crippen LogP contribution in [0, 0.1) is 35.5 Å². The molecule has 4 fully saturated rings. The summed E-state index contributed by atoms with van der Waals surface area (Å²) in [6.45, 7) is 0.648. The lowest BCUT2D eigenvalue weighted by molar-refractivity contribution is -0.152. The summed E-state index contributed by atoms with van der Waals surface area (Å²) in [4.78, 5) is 11.8. The highest BCUT2D eigenvalue weighted by Gasteiger charge is 2.51. The minimum Gasteiger partial charge on any atom is -0.481 e. The monoisotopic (exact) mass is 273 g/mol. The van der Waals surface area contributed by atoms with Gasteiger partial charge in [0.2, 0.25) is 0 Å². The van der Waals surface area contributed by atoms with Crippen LogP contribution in [0.1, 0.15) is 32.1 Å². The molecule has 4 saturated carbocycles. The number of carboxylic acid groups (broad SMARTS) is 1. The first-order valence-electron chi connectivity index (χ1n) is 8.04. The second-order valence-corrected chi connectivity index (χ2v) is 7.33. The van der Waals surface area contributed by atoms with Crippen molar-refractivity contribution in [2.75, 3.05) is 0 Å². The average Bonchev–Trinajstić information content (AvgIpc) is 2.88. The molecular weight excluding hydrogens is 250 g/mol. The molecule has 4 bridgehead atoms. The van der Waals surface area contributed by atoms with Crippen LogP contribution in [0.15, 0.2) is 24.5 Å². The van der Waals surface area contributed by atoms with E-state index < -0.39 is 5.97 Å². The maximum atomic E-state index is 11.8. The van der Waals surface area contributed by atoms with E-state index >= 15 is 0 Å². The minimum atomic E-state index is -0.587. The Morgan fingerprint density at radius 1 is 1.05 bits per heavy atom. The van der Waals surface area contributed by atoms with Crippen LogP contribution < -0.4 is 0 Å². The summed E-state index contributed by atoms with van der Waals surface area (Å²) in [5.74, 6) is 2.83. The van der Waals surface area contributed by atoms with Gasteiger partial charge >= 0.3 is 5.97 Å². The highest BCUT2D eigenvalue weighted by atomic mass is 16.4. The van der Waals surface area contributed by atoms with Crippen molar-refractivity contribution in [3.63, 3.8) is 0 Å². The lowest BCUT2D eigenvalue weighted by Gasteiger charge is -2.55. The van der Waals surface area contributed by atoms with Gasteiger partial charge in [-0.1, -0.05) is 0 Å². The molecule has 3 heteroatoms. The van der Waals surface area contributed by atoms with Gasteiger partial charge in [0.15, 0.2) is 0 Å². The number of hydrogen-bond donors (Lipinski definition) is 1. The van der Waals surface area contributed by atoms with Crippen molar-refractivity contribution in [1.29, 1.82) is 0 Å². The van der Waals surface area contributed by atoms with Crippen molar-refractivity contribution < 1.29 is 9.90 Å². The molecule has 1 aromatic heterocycles. The normalized spacial score (nSPS) is 39.9. The van der Waals surface area contributed by atoms with Crippen LogP contribution in [0.25, 0.3) is 0 Å².